The largest absolute Gasteiger partial charge is 0.465 e. The van der Waals surface area contributed by atoms with Crippen molar-refractivity contribution in [3.05, 3.63) is 41.5 Å². The zero-order chi connectivity index (χ0) is 12.4. The summed E-state index contributed by atoms with van der Waals surface area (Å²) in [6.07, 6.45) is 2.09. The molecule has 3 nitrogen and oxygen atoms in total. The van der Waals surface area contributed by atoms with E-state index in [2.05, 4.69) is 6.92 Å². The van der Waals surface area contributed by atoms with Crippen LogP contribution in [0, 0.1) is 12.8 Å². The third kappa shape index (κ3) is 2.49. The fourth-order valence-corrected chi connectivity index (χ4v) is 2.09. The zero-order valence-electron chi connectivity index (χ0n) is 10.2. The molecule has 1 atom stereocenters. The first-order valence-electron chi connectivity index (χ1n) is 5.85. The molecule has 0 saturated heterocycles. The summed E-state index contributed by atoms with van der Waals surface area (Å²) in [7, 11) is 0. The minimum atomic E-state index is -0.872. The summed E-state index contributed by atoms with van der Waals surface area (Å²) < 4.78 is 0. The van der Waals surface area contributed by atoms with Crippen LogP contribution in [0.25, 0.3) is 5.70 Å². The Morgan fingerprint density at radius 3 is 2.59 bits per heavy atom. The Balaban J connectivity index is 2.35. The van der Waals surface area contributed by atoms with Crippen LogP contribution in [-0.2, 0) is 0 Å². The highest BCUT2D eigenvalue weighted by Gasteiger charge is 2.24. The van der Waals surface area contributed by atoms with Crippen molar-refractivity contribution in [2.24, 2.45) is 5.92 Å². The average Bonchev–Trinajstić information content (AvgIpc) is 2.30. The fourth-order valence-electron chi connectivity index (χ4n) is 2.09. The van der Waals surface area contributed by atoms with Crippen LogP contribution in [0.4, 0.5) is 4.79 Å². The second kappa shape index (κ2) is 4.62. The van der Waals surface area contributed by atoms with Gasteiger partial charge in [0.25, 0.3) is 0 Å². The number of rotatable bonds is 1. The standard InChI is InChI=1S/C14H17NO2/c1-10-3-6-12(7-4-10)13-8-5-11(2)9-15(13)14(16)17/h3-4,6-8,11H,5,9H2,1-2H3,(H,16,17). The van der Waals surface area contributed by atoms with Gasteiger partial charge in [-0.15, -0.1) is 0 Å². The van der Waals surface area contributed by atoms with Crippen molar-refractivity contribution >= 4 is 11.8 Å². The minimum Gasteiger partial charge on any atom is -0.465 e. The number of allylic oxidation sites excluding steroid dienone is 1. The molecule has 1 aliphatic heterocycles. The van der Waals surface area contributed by atoms with E-state index in [0.717, 1.165) is 17.7 Å². The van der Waals surface area contributed by atoms with E-state index in [1.165, 1.54) is 10.5 Å². The van der Waals surface area contributed by atoms with Crippen LogP contribution in [0.2, 0.25) is 0 Å². The van der Waals surface area contributed by atoms with Crippen LogP contribution in [0.1, 0.15) is 24.5 Å². The number of hydrogen-bond donors (Lipinski definition) is 1. The van der Waals surface area contributed by atoms with Gasteiger partial charge >= 0.3 is 6.09 Å². The number of carboxylic acid groups (broad SMARTS) is 1. The fraction of sp³-hybridized carbons (Fsp3) is 0.357. The van der Waals surface area contributed by atoms with Crippen molar-refractivity contribution in [3.8, 4) is 0 Å². The molecule has 0 saturated carbocycles. The van der Waals surface area contributed by atoms with Crippen LogP contribution in [-0.4, -0.2) is 22.6 Å². The number of nitrogens with zero attached hydrogens (tertiary/aromatic N) is 1. The van der Waals surface area contributed by atoms with E-state index in [4.69, 9.17) is 0 Å². The molecule has 0 aliphatic carbocycles. The van der Waals surface area contributed by atoms with Crippen LogP contribution < -0.4 is 0 Å². The predicted octanol–water partition coefficient (Wildman–Crippen LogP) is 3.36. The van der Waals surface area contributed by atoms with Crippen LogP contribution in [0.15, 0.2) is 30.3 Å². The van der Waals surface area contributed by atoms with Crippen molar-refractivity contribution in [1.82, 2.24) is 4.90 Å². The van der Waals surface area contributed by atoms with Crippen LogP contribution in [0.3, 0.4) is 0 Å². The molecule has 0 fully saturated rings. The summed E-state index contributed by atoms with van der Waals surface area (Å²) in [4.78, 5) is 12.7. The molecule has 17 heavy (non-hydrogen) atoms. The molecule has 1 N–H and O–H groups in total. The Bertz CT molecular complexity index is 448. The lowest BCUT2D eigenvalue weighted by Crippen LogP contribution is -2.34. The van der Waals surface area contributed by atoms with Gasteiger partial charge in [0.1, 0.15) is 0 Å². The minimum absolute atomic E-state index is 0.389. The normalized spacial score (nSPS) is 20.0. The van der Waals surface area contributed by atoms with Gasteiger partial charge in [-0.2, -0.15) is 0 Å². The Morgan fingerprint density at radius 1 is 1.35 bits per heavy atom. The van der Waals surface area contributed by atoms with Gasteiger partial charge in [-0.25, -0.2) is 4.79 Å². The summed E-state index contributed by atoms with van der Waals surface area (Å²) in [6, 6.07) is 7.97. The van der Waals surface area contributed by atoms with E-state index >= 15 is 0 Å². The molecule has 1 aliphatic rings. The highest BCUT2D eigenvalue weighted by Crippen LogP contribution is 2.27. The van der Waals surface area contributed by atoms with Crippen LogP contribution >= 0.6 is 0 Å². The van der Waals surface area contributed by atoms with Gasteiger partial charge in [0.2, 0.25) is 0 Å². The summed E-state index contributed by atoms with van der Waals surface area (Å²) in [5.74, 6) is 0.389. The molecular formula is C14H17NO2. The third-order valence-corrected chi connectivity index (χ3v) is 3.08. The highest BCUT2D eigenvalue weighted by atomic mass is 16.4. The number of carbonyl (C=O) groups is 1. The maximum absolute atomic E-state index is 11.2. The van der Waals surface area contributed by atoms with Crippen LogP contribution in [0.5, 0.6) is 0 Å². The Morgan fingerprint density at radius 2 is 2.00 bits per heavy atom. The first kappa shape index (κ1) is 11.7. The Hall–Kier alpha value is -1.77. The summed E-state index contributed by atoms with van der Waals surface area (Å²) in [5.41, 5.74) is 2.97. The number of amides is 1. The van der Waals surface area contributed by atoms with Gasteiger partial charge < -0.3 is 5.11 Å². The lowest BCUT2D eigenvalue weighted by atomic mass is 9.98. The maximum atomic E-state index is 11.2. The zero-order valence-corrected chi connectivity index (χ0v) is 10.2. The Kier molecular flexibility index (Phi) is 3.18. The molecular weight excluding hydrogens is 214 g/mol. The molecule has 3 heteroatoms. The average molecular weight is 231 g/mol. The van der Waals surface area contributed by atoms with Crippen molar-refractivity contribution in [2.45, 2.75) is 20.3 Å². The lowest BCUT2D eigenvalue weighted by molar-refractivity contribution is 0.159. The topological polar surface area (TPSA) is 40.5 Å². The molecule has 1 heterocycles. The molecule has 1 aromatic carbocycles. The molecule has 0 aromatic heterocycles. The molecule has 1 aromatic rings. The molecule has 2 rings (SSSR count). The van der Waals surface area contributed by atoms with Crippen molar-refractivity contribution in [3.63, 3.8) is 0 Å². The molecule has 1 amide bonds. The Labute approximate surface area is 101 Å². The summed E-state index contributed by atoms with van der Waals surface area (Å²) in [5, 5.41) is 9.23. The molecule has 0 bridgehead atoms. The second-order valence-corrected chi connectivity index (χ2v) is 4.69. The van der Waals surface area contributed by atoms with Gasteiger partial charge in [0.15, 0.2) is 0 Å². The first-order valence-corrected chi connectivity index (χ1v) is 5.85. The van der Waals surface area contributed by atoms with Gasteiger partial charge in [0, 0.05) is 6.54 Å². The second-order valence-electron chi connectivity index (χ2n) is 4.69. The summed E-state index contributed by atoms with van der Waals surface area (Å²) >= 11 is 0. The molecule has 90 valence electrons. The lowest BCUT2D eigenvalue weighted by Gasteiger charge is -2.30. The van der Waals surface area contributed by atoms with Gasteiger partial charge in [0.05, 0.1) is 5.70 Å². The van der Waals surface area contributed by atoms with Crippen molar-refractivity contribution in [1.29, 1.82) is 0 Å². The van der Waals surface area contributed by atoms with E-state index in [1.54, 1.807) is 0 Å². The van der Waals surface area contributed by atoms with E-state index in [1.807, 2.05) is 37.3 Å². The quantitative estimate of drug-likeness (QED) is 0.805. The van der Waals surface area contributed by atoms with Gasteiger partial charge in [-0.05, 0) is 24.8 Å². The smallest absolute Gasteiger partial charge is 0.411 e. The first-order chi connectivity index (χ1) is 8.08. The van der Waals surface area contributed by atoms with E-state index in [0.29, 0.717) is 12.5 Å². The molecule has 1 unspecified atom stereocenters. The molecule has 0 radical (unpaired) electrons. The third-order valence-electron chi connectivity index (χ3n) is 3.08. The van der Waals surface area contributed by atoms with Gasteiger partial charge in [-0.1, -0.05) is 42.8 Å². The summed E-state index contributed by atoms with van der Waals surface area (Å²) in [6.45, 7) is 4.67. The number of hydrogen-bond acceptors (Lipinski definition) is 1. The van der Waals surface area contributed by atoms with E-state index < -0.39 is 6.09 Å². The molecule has 0 spiro atoms. The SMILES string of the molecule is Cc1ccc(C2=CCC(C)CN2C(=O)O)cc1. The monoisotopic (exact) mass is 231 g/mol. The number of benzene rings is 1. The highest BCUT2D eigenvalue weighted by molar-refractivity contribution is 5.81. The van der Waals surface area contributed by atoms with Crippen molar-refractivity contribution < 1.29 is 9.90 Å². The van der Waals surface area contributed by atoms with E-state index in [9.17, 15) is 9.90 Å². The predicted molar refractivity (Wildman–Crippen MR) is 67.7 cm³/mol. The number of aryl methyl sites for hydroxylation is 1. The van der Waals surface area contributed by atoms with Crippen molar-refractivity contribution in [2.75, 3.05) is 6.54 Å². The maximum Gasteiger partial charge on any atom is 0.411 e. The van der Waals surface area contributed by atoms with Gasteiger partial charge in [-0.3, -0.25) is 4.90 Å². The van der Waals surface area contributed by atoms with E-state index in [-0.39, 0.29) is 0 Å².